The van der Waals surface area contributed by atoms with Gasteiger partial charge in [0, 0.05) is 13.1 Å². The molecule has 0 atom stereocenters. The van der Waals surface area contributed by atoms with E-state index in [1.54, 1.807) is 4.90 Å². The Kier molecular flexibility index (Phi) is 12.2. The van der Waals surface area contributed by atoms with E-state index in [2.05, 4.69) is 35.8 Å². The molecule has 0 radical (unpaired) electrons. The Morgan fingerprint density at radius 3 is 1.59 bits per heavy atom. The van der Waals surface area contributed by atoms with E-state index in [-0.39, 0.29) is 0 Å². The van der Waals surface area contributed by atoms with Crippen molar-refractivity contribution in [3.63, 3.8) is 0 Å². The highest BCUT2D eigenvalue weighted by Gasteiger charge is 2.11. The van der Waals surface area contributed by atoms with Crippen LogP contribution in [0.1, 0.15) is 25.7 Å². The van der Waals surface area contributed by atoms with Crippen LogP contribution in [0.3, 0.4) is 0 Å². The lowest BCUT2D eigenvalue weighted by molar-refractivity contribution is 0.141. The highest BCUT2D eigenvalue weighted by Crippen LogP contribution is 2.01. The third-order valence-corrected chi connectivity index (χ3v) is 3.67. The zero-order valence-electron chi connectivity index (χ0n) is 15.2. The van der Waals surface area contributed by atoms with E-state index in [0.717, 1.165) is 45.4 Å². The molecule has 6 nitrogen and oxygen atoms in total. The maximum Gasteiger partial charge on any atom is 0.407 e. The van der Waals surface area contributed by atoms with E-state index in [9.17, 15) is 9.90 Å². The summed E-state index contributed by atoms with van der Waals surface area (Å²) >= 11 is 0. The summed E-state index contributed by atoms with van der Waals surface area (Å²) in [5.74, 6) is 0. The van der Waals surface area contributed by atoms with Gasteiger partial charge in [-0.05, 0) is 87.1 Å². The zero-order chi connectivity index (χ0) is 17.0. The van der Waals surface area contributed by atoms with Gasteiger partial charge in [0.2, 0.25) is 0 Å². The lowest BCUT2D eigenvalue weighted by atomic mass is 10.2. The molecule has 0 aliphatic rings. The summed E-state index contributed by atoms with van der Waals surface area (Å²) in [5, 5.41) is 9.21. The van der Waals surface area contributed by atoms with Gasteiger partial charge in [0.15, 0.2) is 0 Å². The van der Waals surface area contributed by atoms with Crippen molar-refractivity contribution in [2.45, 2.75) is 25.7 Å². The SMILES string of the molecule is CN(C)CCCN(C)CCCCN(CCCN(C)C)C(=O)O. The van der Waals surface area contributed by atoms with Crippen LogP contribution in [-0.2, 0) is 0 Å². The Morgan fingerprint density at radius 2 is 1.09 bits per heavy atom. The lowest BCUT2D eigenvalue weighted by Crippen LogP contribution is -2.33. The van der Waals surface area contributed by atoms with E-state index in [4.69, 9.17) is 0 Å². The first-order valence-electron chi connectivity index (χ1n) is 8.28. The van der Waals surface area contributed by atoms with Gasteiger partial charge < -0.3 is 24.7 Å². The lowest BCUT2D eigenvalue weighted by Gasteiger charge is -2.21. The van der Waals surface area contributed by atoms with Crippen molar-refractivity contribution in [3.05, 3.63) is 0 Å². The van der Waals surface area contributed by atoms with E-state index in [1.165, 1.54) is 6.42 Å². The number of carboxylic acid groups (broad SMARTS) is 1. The maximum atomic E-state index is 11.2. The smallest absolute Gasteiger partial charge is 0.407 e. The van der Waals surface area contributed by atoms with E-state index in [1.807, 2.05) is 14.1 Å². The molecule has 132 valence electrons. The van der Waals surface area contributed by atoms with Crippen LogP contribution < -0.4 is 0 Å². The molecule has 6 heteroatoms. The summed E-state index contributed by atoms with van der Waals surface area (Å²) < 4.78 is 0. The van der Waals surface area contributed by atoms with E-state index in [0.29, 0.717) is 13.1 Å². The Balaban J connectivity index is 3.73. The topological polar surface area (TPSA) is 50.3 Å². The number of amides is 1. The van der Waals surface area contributed by atoms with Crippen molar-refractivity contribution in [2.75, 3.05) is 74.5 Å². The monoisotopic (exact) mass is 316 g/mol. The third-order valence-electron chi connectivity index (χ3n) is 3.67. The van der Waals surface area contributed by atoms with Crippen molar-refractivity contribution < 1.29 is 9.90 Å². The molecule has 0 aromatic carbocycles. The summed E-state index contributed by atoms with van der Waals surface area (Å²) in [6.07, 6.45) is 3.26. The van der Waals surface area contributed by atoms with E-state index < -0.39 is 6.09 Å². The van der Waals surface area contributed by atoms with Crippen LogP contribution in [0.5, 0.6) is 0 Å². The van der Waals surface area contributed by atoms with Crippen molar-refractivity contribution in [1.82, 2.24) is 19.6 Å². The molecule has 0 fully saturated rings. The number of unbranched alkanes of at least 4 members (excludes halogenated alkanes) is 1. The first-order chi connectivity index (χ1) is 10.3. The zero-order valence-corrected chi connectivity index (χ0v) is 15.2. The third kappa shape index (κ3) is 12.9. The number of nitrogens with zero attached hydrogens (tertiary/aromatic N) is 4. The van der Waals surface area contributed by atoms with Crippen LogP contribution in [0.15, 0.2) is 0 Å². The summed E-state index contributed by atoms with van der Waals surface area (Å²) in [4.78, 5) is 19.4. The van der Waals surface area contributed by atoms with Gasteiger partial charge in [0.05, 0.1) is 0 Å². The van der Waals surface area contributed by atoms with Crippen molar-refractivity contribution in [1.29, 1.82) is 0 Å². The maximum absolute atomic E-state index is 11.2. The minimum Gasteiger partial charge on any atom is -0.465 e. The van der Waals surface area contributed by atoms with Gasteiger partial charge in [0.1, 0.15) is 0 Å². The molecule has 0 spiro atoms. The Labute approximate surface area is 136 Å². The molecule has 0 aliphatic carbocycles. The predicted octanol–water partition coefficient (Wildman–Crippen LogP) is 1.58. The molecule has 0 heterocycles. The molecule has 0 aromatic rings. The normalized spacial score (nSPS) is 11.6. The molecule has 0 aliphatic heterocycles. The van der Waals surface area contributed by atoms with Gasteiger partial charge in [0.25, 0.3) is 0 Å². The average Bonchev–Trinajstić information content (AvgIpc) is 2.40. The molecule has 1 N–H and O–H groups in total. The fourth-order valence-electron chi connectivity index (χ4n) is 2.33. The van der Waals surface area contributed by atoms with Gasteiger partial charge in [-0.25, -0.2) is 4.79 Å². The molecule has 22 heavy (non-hydrogen) atoms. The van der Waals surface area contributed by atoms with Gasteiger partial charge in [-0.3, -0.25) is 0 Å². The van der Waals surface area contributed by atoms with Crippen molar-refractivity contribution >= 4 is 6.09 Å². The molecular formula is C16H36N4O2. The van der Waals surface area contributed by atoms with E-state index >= 15 is 0 Å². The summed E-state index contributed by atoms with van der Waals surface area (Å²) in [7, 11) is 10.4. The van der Waals surface area contributed by atoms with Crippen molar-refractivity contribution in [2.24, 2.45) is 0 Å². The Morgan fingerprint density at radius 1 is 0.682 bits per heavy atom. The number of rotatable bonds is 13. The molecule has 0 unspecified atom stereocenters. The second-order valence-electron chi connectivity index (χ2n) is 6.59. The van der Waals surface area contributed by atoms with Crippen LogP contribution in [-0.4, -0.2) is 105 Å². The minimum atomic E-state index is -0.793. The number of hydrogen-bond acceptors (Lipinski definition) is 4. The molecule has 0 saturated carbocycles. The van der Waals surface area contributed by atoms with Gasteiger partial charge in [-0.15, -0.1) is 0 Å². The predicted molar refractivity (Wildman–Crippen MR) is 92.7 cm³/mol. The van der Waals surface area contributed by atoms with Gasteiger partial charge in [-0.1, -0.05) is 0 Å². The standard InChI is InChI=1S/C16H36N4O2/c1-17(2)10-8-13-19(5)12-6-7-14-20(16(21)22)15-9-11-18(3)4/h6-15H2,1-5H3,(H,21,22). The average molecular weight is 316 g/mol. The van der Waals surface area contributed by atoms with Crippen LogP contribution in [0.4, 0.5) is 4.79 Å². The highest BCUT2D eigenvalue weighted by atomic mass is 16.4. The van der Waals surface area contributed by atoms with Gasteiger partial charge >= 0.3 is 6.09 Å². The molecular weight excluding hydrogens is 280 g/mol. The molecule has 0 aromatic heterocycles. The first kappa shape index (κ1) is 21.1. The largest absolute Gasteiger partial charge is 0.465 e. The number of hydrogen-bond donors (Lipinski definition) is 1. The van der Waals surface area contributed by atoms with Crippen LogP contribution >= 0.6 is 0 Å². The quantitative estimate of drug-likeness (QED) is 0.523. The highest BCUT2D eigenvalue weighted by molar-refractivity contribution is 5.64. The molecule has 0 saturated heterocycles. The van der Waals surface area contributed by atoms with Crippen LogP contribution in [0.25, 0.3) is 0 Å². The second-order valence-corrected chi connectivity index (χ2v) is 6.59. The molecule has 1 amide bonds. The molecule has 0 bridgehead atoms. The second kappa shape index (κ2) is 12.7. The summed E-state index contributed by atoms with van der Waals surface area (Å²) in [5.41, 5.74) is 0. The van der Waals surface area contributed by atoms with Crippen LogP contribution in [0, 0.1) is 0 Å². The van der Waals surface area contributed by atoms with Crippen LogP contribution in [0.2, 0.25) is 0 Å². The fourth-order valence-corrected chi connectivity index (χ4v) is 2.33. The summed E-state index contributed by atoms with van der Waals surface area (Å²) in [6, 6.07) is 0. The fraction of sp³-hybridized carbons (Fsp3) is 0.938. The minimum absolute atomic E-state index is 0.631. The van der Waals surface area contributed by atoms with Gasteiger partial charge in [-0.2, -0.15) is 0 Å². The van der Waals surface area contributed by atoms with Crippen molar-refractivity contribution in [3.8, 4) is 0 Å². The number of carbonyl (C=O) groups is 1. The Bertz CT molecular complexity index is 285. The first-order valence-corrected chi connectivity index (χ1v) is 8.28. The molecule has 0 rings (SSSR count). The summed E-state index contributed by atoms with van der Waals surface area (Å²) in [6.45, 7) is 5.46. The Hall–Kier alpha value is -0.850.